The minimum Gasteiger partial charge on any atom is -0.370 e. The fraction of sp³-hybridized carbons (Fsp3) is 0.391. The number of carbonyl (C=O) groups is 1. The second-order valence-electron chi connectivity index (χ2n) is 7.45. The van der Waals surface area contributed by atoms with Crippen molar-refractivity contribution in [1.82, 2.24) is 4.90 Å². The molecule has 5 nitrogen and oxygen atoms in total. The van der Waals surface area contributed by atoms with E-state index in [0.29, 0.717) is 44.4 Å². The van der Waals surface area contributed by atoms with Crippen LogP contribution < -0.4 is 11.1 Å². The lowest BCUT2D eigenvalue weighted by Crippen LogP contribution is -2.25. The molecule has 1 heterocycles. The highest BCUT2D eigenvalue weighted by Gasteiger charge is 2.22. The number of aliphatic imine (C=N–C) groups is 1. The van der Waals surface area contributed by atoms with Gasteiger partial charge in [-0.2, -0.15) is 0 Å². The average molecular weight is 379 g/mol. The molecule has 1 unspecified atom stereocenters. The number of benzene rings is 2. The van der Waals surface area contributed by atoms with E-state index in [1.165, 1.54) is 16.7 Å². The molecule has 0 bridgehead atoms. The summed E-state index contributed by atoms with van der Waals surface area (Å²) in [5, 5.41) is 3.11. The first-order valence-corrected chi connectivity index (χ1v) is 10.1. The molecule has 1 atom stereocenters. The lowest BCUT2D eigenvalue weighted by Gasteiger charge is -2.15. The van der Waals surface area contributed by atoms with Gasteiger partial charge >= 0.3 is 0 Å². The van der Waals surface area contributed by atoms with Crippen LogP contribution in [0.5, 0.6) is 0 Å². The number of rotatable bonds is 7. The molecule has 2 aromatic carbocycles. The van der Waals surface area contributed by atoms with Crippen molar-refractivity contribution >= 4 is 17.6 Å². The fourth-order valence-corrected chi connectivity index (χ4v) is 3.42. The number of hydrogen-bond donors (Lipinski definition) is 2. The maximum Gasteiger partial charge on any atom is 0.223 e. The van der Waals surface area contributed by atoms with Crippen molar-refractivity contribution in [3.05, 3.63) is 65.2 Å². The lowest BCUT2D eigenvalue weighted by atomic mass is 9.99. The van der Waals surface area contributed by atoms with Crippen LogP contribution in [-0.2, 0) is 17.9 Å². The zero-order chi connectivity index (χ0) is 19.9. The molecule has 148 valence electrons. The third kappa shape index (κ3) is 5.12. The average Bonchev–Trinajstić information content (AvgIpc) is 3.15. The molecule has 0 saturated heterocycles. The largest absolute Gasteiger partial charge is 0.370 e. The van der Waals surface area contributed by atoms with Crippen LogP contribution >= 0.6 is 0 Å². The molecule has 5 heteroatoms. The molecule has 0 saturated carbocycles. The molecule has 1 amide bonds. The van der Waals surface area contributed by atoms with Gasteiger partial charge in [-0.15, -0.1) is 0 Å². The summed E-state index contributed by atoms with van der Waals surface area (Å²) >= 11 is 0. The van der Waals surface area contributed by atoms with E-state index >= 15 is 0 Å². The highest BCUT2D eigenvalue weighted by Crippen LogP contribution is 2.23. The second-order valence-corrected chi connectivity index (χ2v) is 7.45. The molecule has 0 aromatic heterocycles. The third-order valence-electron chi connectivity index (χ3n) is 5.39. The van der Waals surface area contributed by atoms with E-state index in [1.807, 2.05) is 29.2 Å². The number of fused-ring (bicyclic) bond motifs is 1. The predicted molar refractivity (Wildman–Crippen MR) is 115 cm³/mol. The van der Waals surface area contributed by atoms with Gasteiger partial charge < -0.3 is 16.0 Å². The summed E-state index contributed by atoms with van der Waals surface area (Å²) in [6.07, 6.45) is 2.31. The van der Waals surface area contributed by atoms with Gasteiger partial charge in [-0.1, -0.05) is 50.2 Å². The maximum atomic E-state index is 12.4. The highest BCUT2D eigenvalue weighted by molar-refractivity contribution is 5.92. The van der Waals surface area contributed by atoms with E-state index < -0.39 is 0 Å². The van der Waals surface area contributed by atoms with E-state index in [1.54, 1.807) is 0 Å². The third-order valence-corrected chi connectivity index (χ3v) is 5.39. The van der Waals surface area contributed by atoms with Gasteiger partial charge in [-0.05, 0) is 47.6 Å². The Bertz CT molecular complexity index is 804. The highest BCUT2D eigenvalue weighted by atomic mass is 16.2. The molecule has 3 rings (SSSR count). The molecule has 0 aliphatic carbocycles. The van der Waals surface area contributed by atoms with Gasteiger partial charge in [-0.25, -0.2) is 0 Å². The van der Waals surface area contributed by atoms with E-state index in [-0.39, 0.29) is 5.91 Å². The Hall–Kier alpha value is -2.82. The van der Waals surface area contributed by atoms with Crippen LogP contribution in [0.25, 0.3) is 0 Å². The van der Waals surface area contributed by atoms with Crippen LogP contribution in [0.15, 0.2) is 53.5 Å². The quantitative estimate of drug-likeness (QED) is 0.430. The van der Waals surface area contributed by atoms with E-state index in [4.69, 9.17) is 5.73 Å². The summed E-state index contributed by atoms with van der Waals surface area (Å²) in [5.41, 5.74) is 10.7. The number of nitrogens with one attached hydrogen (secondary N) is 1. The number of anilines is 1. The molecule has 0 fully saturated rings. The summed E-state index contributed by atoms with van der Waals surface area (Å²) < 4.78 is 0. The van der Waals surface area contributed by atoms with Gasteiger partial charge in [0, 0.05) is 31.7 Å². The van der Waals surface area contributed by atoms with Crippen LogP contribution in [-0.4, -0.2) is 23.3 Å². The molecule has 3 N–H and O–H groups in total. The number of guanidine groups is 1. The Balaban J connectivity index is 1.40. The molecular weight excluding hydrogens is 348 g/mol. The number of nitrogens with zero attached hydrogens (tertiary/aromatic N) is 2. The SMILES string of the molecule is CCC(C)c1ccc(NC(N)=NCCCC(=O)N2Cc3ccccc3C2)cc1. The summed E-state index contributed by atoms with van der Waals surface area (Å²) in [5.74, 6) is 1.12. The minimum atomic E-state index is 0.179. The summed E-state index contributed by atoms with van der Waals surface area (Å²) in [4.78, 5) is 18.6. The Kier molecular flexibility index (Phi) is 6.69. The zero-order valence-corrected chi connectivity index (χ0v) is 16.8. The molecule has 2 aromatic rings. The monoisotopic (exact) mass is 378 g/mol. The summed E-state index contributed by atoms with van der Waals surface area (Å²) in [6, 6.07) is 16.5. The number of nitrogens with two attached hydrogens (primary N) is 1. The maximum absolute atomic E-state index is 12.4. The van der Waals surface area contributed by atoms with Crippen molar-refractivity contribution in [3.63, 3.8) is 0 Å². The van der Waals surface area contributed by atoms with Crippen molar-refractivity contribution in [2.45, 2.75) is 52.1 Å². The molecule has 0 radical (unpaired) electrons. The summed E-state index contributed by atoms with van der Waals surface area (Å²) in [7, 11) is 0. The van der Waals surface area contributed by atoms with Gasteiger partial charge in [-0.3, -0.25) is 9.79 Å². The normalized spacial score (nSPS) is 14.6. The fourth-order valence-electron chi connectivity index (χ4n) is 3.42. The summed E-state index contributed by atoms with van der Waals surface area (Å²) in [6.45, 7) is 6.38. The number of amides is 1. The van der Waals surface area contributed by atoms with Crippen LogP contribution in [0.4, 0.5) is 5.69 Å². The van der Waals surface area contributed by atoms with Gasteiger partial charge in [0.05, 0.1) is 0 Å². The second kappa shape index (κ2) is 9.40. The topological polar surface area (TPSA) is 70.7 Å². The standard InChI is InChI=1S/C23H30N4O/c1-3-17(2)18-10-12-21(13-11-18)26-23(24)25-14-6-9-22(28)27-15-19-7-4-5-8-20(19)16-27/h4-5,7-8,10-13,17H,3,6,9,14-16H2,1-2H3,(H3,24,25,26). The molecular formula is C23H30N4O. The van der Waals surface area contributed by atoms with Crippen molar-refractivity contribution in [3.8, 4) is 0 Å². The molecule has 1 aliphatic heterocycles. The van der Waals surface area contributed by atoms with Gasteiger partial charge in [0.1, 0.15) is 0 Å². The van der Waals surface area contributed by atoms with Crippen LogP contribution in [0, 0.1) is 0 Å². The molecule has 1 aliphatic rings. The van der Waals surface area contributed by atoms with Gasteiger partial charge in [0.25, 0.3) is 0 Å². The predicted octanol–water partition coefficient (Wildman–Crippen LogP) is 4.25. The molecule has 0 spiro atoms. The van der Waals surface area contributed by atoms with Crippen molar-refractivity contribution in [1.29, 1.82) is 0 Å². The van der Waals surface area contributed by atoms with E-state index in [2.05, 4.69) is 48.4 Å². The van der Waals surface area contributed by atoms with Crippen molar-refractivity contribution in [2.75, 3.05) is 11.9 Å². The Morgan fingerprint density at radius 3 is 2.39 bits per heavy atom. The van der Waals surface area contributed by atoms with Gasteiger partial charge in [0.15, 0.2) is 5.96 Å². The number of carbonyl (C=O) groups excluding carboxylic acids is 1. The smallest absolute Gasteiger partial charge is 0.223 e. The van der Waals surface area contributed by atoms with Crippen LogP contribution in [0.3, 0.4) is 0 Å². The van der Waals surface area contributed by atoms with Crippen LogP contribution in [0.2, 0.25) is 0 Å². The molecule has 28 heavy (non-hydrogen) atoms. The Morgan fingerprint density at radius 2 is 1.79 bits per heavy atom. The van der Waals surface area contributed by atoms with Crippen molar-refractivity contribution < 1.29 is 4.79 Å². The first-order chi connectivity index (χ1) is 13.6. The van der Waals surface area contributed by atoms with Crippen LogP contribution in [0.1, 0.15) is 55.7 Å². The lowest BCUT2D eigenvalue weighted by molar-refractivity contribution is -0.131. The van der Waals surface area contributed by atoms with E-state index in [9.17, 15) is 4.79 Å². The first kappa shape index (κ1) is 19.9. The Labute approximate surface area is 167 Å². The number of hydrogen-bond acceptors (Lipinski definition) is 2. The first-order valence-electron chi connectivity index (χ1n) is 10.1. The van der Waals surface area contributed by atoms with E-state index in [0.717, 1.165) is 12.1 Å². The Morgan fingerprint density at radius 1 is 1.14 bits per heavy atom. The van der Waals surface area contributed by atoms with Crippen molar-refractivity contribution in [2.24, 2.45) is 10.7 Å². The zero-order valence-electron chi connectivity index (χ0n) is 16.8. The minimum absolute atomic E-state index is 0.179. The van der Waals surface area contributed by atoms with Gasteiger partial charge in [0.2, 0.25) is 5.91 Å².